The van der Waals surface area contributed by atoms with Crippen LogP contribution in [-0.4, -0.2) is 15.4 Å². The summed E-state index contributed by atoms with van der Waals surface area (Å²) in [6, 6.07) is 7.97. The van der Waals surface area contributed by atoms with E-state index in [0.717, 1.165) is 21.1 Å². The van der Waals surface area contributed by atoms with Gasteiger partial charge < -0.3 is 11.2 Å². The molecule has 2 aromatic heterocycles. The molecule has 3 rings (SSSR count). The van der Waals surface area contributed by atoms with Gasteiger partial charge in [-0.2, -0.15) is 0 Å². The molecule has 84 valence electrons. The van der Waals surface area contributed by atoms with Gasteiger partial charge in [-0.05, 0) is 6.07 Å². The molecular weight excluding hydrogens is 246 g/mol. The molecule has 0 fully saturated rings. The summed E-state index contributed by atoms with van der Waals surface area (Å²) in [6.45, 7) is 0. The molecule has 0 bridgehead atoms. The largest absolute Gasteiger partial charge is 0.412 e. The summed E-state index contributed by atoms with van der Waals surface area (Å²) in [5.41, 5.74) is 9.35. The Bertz CT molecular complexity index is 626. The van der Waals surface area contributed by atoms with Crippen LogP contribution in [0.5, 0.6) is 0 Å². The molecule has 0 saturated heterocycles. The number of fused-ring (bicyclic) bond motifs is 3. The van der Waals surface area contributed by atoms with Gasteiger partial charge in [0.05, 0.1) is 15.7 Å². The number of aromatic nitrogens is 2. The normalized spacial score (nSPS) is 9.75. The van der Waals surface area contributed by atoms with Crippen molar-refractivity contribution in [3.63, 3.8) is 0 Å². The lowest BCUT2D eigenvalue weighted by molar-refractivity contribution is 0.824. The minimum Gasteiger partial charge on any atom is -0.412 e. The van der Waals surface area contributed by atoms with E-state index in [0.29, 0.717) is 5.82 Å². The standard InChI is InChI=1S/C10H7N3S.ClH.H2O/c11-10-8-9(14-5-12-8)6-3-1-2-4-7(6)13-10;;/h1-5H,(H2,11,13);1H;1H2. The lowest BCUT2D eigenvalue weighted by atomic mass is 10.2. The molecule has 0 amide bonds. The molecule has 4 nitrogen and oxygen atoms in total. The molecule has 6 heteroatoms. The number of hydrogen-bond acceptors (Lipinski definition) is 4. The molecule has 16 heavy (non-hydrogen) atoms. The first-order valence-corrected chi connectivity index (χ1v) is 5.11. The van der Waals surface area contributed by atoms with Gasteiger partial charge in [0.15, 0.2) is 5.82 Å². The highest BCUT2D eigenvalue weighted by Gasteiger charge is 2.07. The van der Waals surface area contributed by atoms with Crippen molar-refractivity contribution in [3.8, 4) is 0 Å². The monoisotopic (exact) mass is 255 g/mol. The van der Waals surface area contributed by atoms with Gasteiger partial charge in [0.1, 0.15) is 5.52 Å². The first kappa shape index (κ1) is 12.6. The smallest absolute Gasteiger partial charge is 0.151 e. The van der Waals surface area contributed by atoms with Crippen molar-refractivity contribution < 1.29 is 5.48 Å². The second-order valence-corrected chi connectivity index (χ2v) is 3.90. The predicted molar refractivity (Wildman–Crippen MR) is 70.2 cm³/mol. The second kappa shape index (κ2) is 4.61. The minimum absolute atomic E-state index is 0. The van der Waals surface area contributed by atoms with E-state index >= 15 is 0 Å². The average molecular weight is 256 g/mol. The van der Waals surface area contributed by atoms with Gasteiger partial charge in [0.2, 0.25) is 0 Å². The van der Waals surface area contributed by atoms with E-state index in [4.69, 9.17) is 5.73 Å². The fourth-order valence-electron chi connectivity index (χ4n) is 1.57. The third-order valence-corrected chi connectivity index (χ3v) is 3.06. The van der Waals surface area contributed by atoms with Crippen LogP contribution in [0.4, 0.5) is 5.82 Å². The summed E-state index contributed by atoms with van der Waals surface area (Å²) in [7, 11) is 0. The maximum atomic E-state index is 5.80. The Balaban J connectivity index is 0.000000640. The van der Waals surface area contributed by atoms with E-state index in [-0.39, 0.29) is 17.9 Å². The molecule has 0 aliphatic carbocycles. The van der Waals surface area contributed by atoms with Gasteiger partial charge in [-0.3, -0.25) is 0 Å². The second-order valence-electron chi connectivity index (χ2n) is 3.04. The summed E-state index contributed by atoms with van der Waals surface area (Å²) < 4.78 is 1.12. The van der Waals surface area contributed by atoms with Gasteiger partial charge in [-0.25, -0.2) is 9.97 Å². The van der Waals surface area contributed by atoms with Gasteiger partial charge in [-0.15, -0.1) is 23.7 Å². The number of nitrogens with zero attached hydrogens (tertiary/aromatic N) is 2. The molecule has 0 spiro atoms. The fourth-order valence-corrected chi connectivity index (χ4v) is 2.40. The van der Waals surface area contributed by atoms with Crippen LogP contribution in [0.2, 0.25) is 0 Å². The zero-order chi connectivity index (χ0) is 9.54. The van der Waals surface area contributed by atoms with Crippen LogP contribution in [0, 0.1) is 0 Å². The molecule has 0 atom stereocenters. The molecule has 3 aromatic rings. The van der Waals surface area contributed by atoms with Gasteiger partial charge in [0, 0.05) is 5.39 Å². The third-order valence-electron chi connectivity index (χ3n) is 2.20. The molecule has 1 aromatic carbocycles. The topological polar surface area (TPSA) is 83.3 Å². The number of para-hydroxylation sites is 1. The third kappa shape index (κ3) is 1.69. The maximum absolute atomic E-state index is 5.80. The molecular formula is C10H10ClN3OS. The van der Waals surface area contributed by atoms with Crippen LogP contribution in [0.25, 0.3) is 21.1 Å². The van der Waals surface area contributed by atoms with Crippen molar-refractivity contribution in [2.24, 2.45) is 0 Å². The Morgan fingerprint density at radius 2 is 1.94 bits per heavy atom. The highest BCUT2D eigenvalue weighted by Crippen LogP contribution is 2.29. The Morgan fingerprint density at radius 1 is 1.19 bits per heavy atom. The maximum Gasteiger partial charge on any atom is 0.151 e. The SMILES string of the molecule is Cl.Nc1nc2ccccc2c2scnc12.O. The Labute approximate surface area is 102 Å². The van der Waals surface area contributed by atoms with Crippen LogP contribution < -0.4 is 5.73 Å². The number of nitrogens with two attached hydrogens (primary N) is 1. The molecule has 0 saturated carbocycles. The number of anilines is 1. The lowest BCUT2D eigenvalue weighted by Crippen LogP contribution is -1.91. The fraction of sp³-hybridized carbons (Fsp3) is 0. The molecule has 4 N–H and O–H groups in total. The lowest BCUT2D eigenvalue weighted by Gasteiger charge is -1.99. The number of halogens is 1. The number of hydrogen-bond donors (Lipinski definition) is 1. The minimum atomic E-state index is 0. The van der Waals surface area contributed by atoms with E-state index in [1.54, 1.807) is 16.8 Å². The summed E-state index contributed by atoms with van der Waals surface area (Å²) >= 11 is 1.60. The number of benzene rings is 1. The Hall–Kier alpha value is -1.43. The van der Waals surface area contributed by atoms with Crippen LogP contribution in [0.1, 0.15) is 0 Å². The number of pyridine rings is 1. The van der Waals surface area contributed by atoms with Crippen molar-refractivity contribution in [2.75, 3.05) is 5.73 Å². The Kier molecular flexibility index (Phi) is 3.64. The number of rotatable bonds is 0. The first-order valence-electron chi connectivity index (χ1n) is 4.23. The average Bonchev–Trinajstić information content (AvgIpc) is 2.67. The van der Waals surface area contributed by atoms with E-state index in [1.807, 2.05) is 24.3 Å². The zero-order valence-corrected chi connectivity index (χ0v) is 9.81. The summed E-state index contributed by atoms with van der Waals surface area (Å²) in [5, 5.41) is 1.12. The summed E-state index contributed by atoms with van der Waals surface area (Å²) in [6.07, 6.45) is 0. The van der Waals surface area contributed by atoms with Crippen LogP contribution in [-0.2, 0) is 0 Å². The van der Waals surface area contributed by atoms with Gasteiger partial charge in [0.25, 0.3) is 0 Å². The number of thiazole rings is 1. The van der Waals surface area contributed by atoms with Crippen molar-refractivity contribution in [1.82, 2.24) is 9.97 Å². The van der Waals surface area contributed by atoms with Crippen molar-refractivity contribution in [3.05, 3.63) is 29.8 Å². The van der Waals surface area contributed by atoms with E-state index in [1.165, 1.54) is 0 Å². The van der Waals surface area contributed by atoms with Crippen molar-refractivity contribution in [1.29, 1.82) is 0 Å². The van der Waals surface area contributed by atoms with Crippen LogP contribution >= 0.6 is 23.7 Å². The molecule has 0 unspecified atom stereocenters. The highest BCUT2D eigenvalue weighted by molar-refractivity contribution is 7.17. The van der Waals surface area contributed by atoms with Crippen molar-refractivity contribution >= 4 is 50.7 Å². The van der Waals surface area contributed by atoms with Crippen LogP contribution in [0.15, 0.2) is 29.8 Å². The van der Waals surface area contributed by atoms with Crippen molar-refractivity contribution in [2.45, 2.75) is 0 Å². The molecule has 0 aliphatic heterocycles. The van der Waals surface area contributed by atoms with Crippen LogP contribution in [0.3, 0.4) is 0 Å². The van der Waals surface area contributed by atoms with E-state index in [2.05, 4.69) is 9.97 Å². The Morgan fingerprint density at radius 3 is 2.75 bits per heavy atom. The number of nitrogen functional groups attached to an aromatic ring is 1. The predicted octanol–water partition coefficient (Wildman–Crippen LogP) is 2.02. The molecule has 0 aliphatic rings. The van der Waals surface area contributed by atoms with E-state index in [9.17, 15) is 0 Å². The quantitative estimate of drug-likeness (QED) is 0.667. The summed E-state index contributed by atoms with van der Waals surface area (Å²) in [5.74, 6) is 0.514. The van der Waals surface area contributed by atoms with E-state index < -0.39 is 0 Å². The first-order chi connectivity index (χ1) is 6.86. The molecule has 2 heterocycles. The zero-order valence-electron chi connectivity index (χ0n) is 8.18. The van der Waals surface area contributed by atoms with Gasteiger partial charge >= 0.3 is 0 Å². The highest BCUT2D eigenvalue weighted by atomic mass is 35.5. The summed E-state index contributed by atoms with van der Waals surface area (Å²) in [4.78, 5) is 8.50. The van der Waals surface area contributed by atoms with Gasteiger partial charge in [-0.1, -0.05) is 18.2 Å². The molecule has 0 radical (unpaired) electrons.